The summed E-state index contributed by atoms with van der Waals surface area (Å²) in [6.45, 7) is 4.70. The lowest BCUT2D eigenvalue weighted by Gasteiger charge is -2.30. The molecule has 22 heavy (non-hydrogen) atoms. The molecule has 1 aromatic rings. The normalized spacial score (nSPS) is 21.5. The SMILES string of the molecule is CSc1ccccc1NC(=O)C(C)N1CCCC1CC(C)O. The summed E-state index contributed by atoms with van der Waals surface area (Å²) in [5.41, 5.74) is 0.873. The molecule has 0 saturated carbocycles. The molecule has 2 N–H and O–H groups in total. The van der Waals surface area contributed by atoms with E-state index in [-0.39, 0.29) is 18.1 Å². The smallest absolute Gasteiger partial charge is 0.241 e. The number of carbonyl (C=O) groups excluding carboxylic acids is 1. The van der Waals surface area contributed by atoms with Crippen LogP contribution in [-0.4, -0.2) is 46.9 Å². The van der Waals surface area contributed by atoms with Crippen molar-refractivity contribution in [1.82, 2.24) is 4.90 Å². The number of nitrogens with one attached hydrogen (secondary N) is 1. The maximum atomic E-state index is 12.6. The second-order valence-corrected chi connectivity index (χ2v) is 6.83. The van der Waals surface area contributed by atoms with Gasteiger partial charge >= 0.3 is 0 Å². The van der Waals surface area contributed by atoms with Crippen LogP contribution in [0.25, 0.3) is 0 Å². The number of carbonyl (C=O) groups is 1. The molecule has 122 valence electrons. The molecule has 0 aliphatic carbocycles. The molecule has 1 heterocycles. The van der Waals surface area contributed by atoms with E-state index >= 15 is 0 Å². The number of para-hydroxylation sites is 1. The fourth-order valence-electron chi connectivity index (χ4n) is 3.15. The number of amides is 1. The number of hydrogen-bond donors (Lipinski definition) is 2. The monoisotopic (exact) mass is 322 g/mol. The molecule has 3 unspecified atom stereocenters. The van der Waals surface area contributed by atoms with Gasteiger partial charge < -0.3 is 10.4 Å². The van der Waals surface area contributed by atoms with Gasteiger partial charge in [-0.2, -0.15) is 0 Å². The van der Waals surface area contributed by atoms with Crippen molar-refractivity contribution < 1.29 is 9.90 Å². The molecular formula is C17H26N2O2S. The van der Waals surface area contributed by atoms with Gasteiger partial charge in [-0.3, -0.25) is 9.69 Å². The number of anilines is 1. The summed E-state index contributed by atoms with van der Waals surface area (Å²) in [6, 6.07) is 7.98. The second-order valence-electron chi connectivity index (χ2n) is 5.98. The average molecular weight is 322 g/mol. The zero-order valence-corrected chi connectivity index (χ0v) is 14.4. The highest BCUT2D eigenvalue weighted by atomic mass is 32.2. The predicted octanol–water partition coefficient (Wildman–Crippen LogP) is 2.97. The lowest BCUT2D eigenvalue weighted by molar-refractivity contribution is -0.121. The van der Waals surface area contributed by atoms with Crippen molar-refractivity contribution in [2.75, 3.05) is 18.1 Å². The Kier molecular flexibility index (Phi) is 6.29. The molecule has 4 nitrogen and oxygen atoms in total. The minimum absolute atomic E-state index is 0.0268. The van der Waals surface area contributed by atoms with Crippen LogP contribution in [0.3, 0.4) is 0 Å². The number of aliphatic hydroxyl groups excluding tert-OH is 1. The molecule has 0 spiro atoms. The lowest BCUT2D eigenvalue weighted by Crippen LogP contribution is -2.45. The Morgan fingerprint density at radius 3 is 2.86 bits per heavy atom. The lowest BCUT2D eigenvalue weighted by atomic mass is 10.1. The number of likely N-dealkylation sites (tertiary alicyclic amines) is 1. The molecule has 1 saturated heterocycles. The van der Waals surface area contributed by atoms with Gasteiger partial charge in [0.25, 0.3) is 0 Å². The highest BCUT2D eigenvalue weighted by Crippen LogP contribution is 2.27. The van der Waals surface area contributed by atoms with Crippen molar-refractivity contribution in [3.8, 4) is 0 Å². The first-order chi connectivity index (χ1) is 10.5. The number of benzene rings is 1. The van der Waals surface area contributed by atoms with Crippen LogP contribution < -0.4 is 5.32 Å². The van der Waals surface area contributed by atoms with Crippen LogP contribution in [0.1, 0.15) is 33.1 Å². The van der Waals surface area contributed by atoms with Crippen LogP contribution in [0.5, 0.6) is 0 Å². The number of nitrogens with zero attached hydrogens (tertiary/aromatic N) is 1. The van der Waals surface area contributed by atoms with Crippen LogP contribution in [-0.2, 0) is 4.79 Å². The van der Waals surface area contributed by atoms with Crippen molar-refractivity contribution in [3.05, 3.63) is 24.3 Å². The Morgan fingerprint density at radius 1 is 1.45 bits per heavy atom. The quantitative estimate of drug-likeness (QED) is 0.791. The van der Waals surface area contributed by atoms with Crippen LogP contribution in [0.4, 0.5) is 5.69 Å². The number of hydrogen-bond acceptors (Lipinski definition) is 4. The summed E-state index contributed by atoms with van der Waals surface area (Å²) >= 11 is 1.63. The number of thioether (sulfide) groups is 1. The van der Waals surface area contributed by atoms with Crippen LogP contribution in [0.2, 0.25) is 0 Å². The predicted molar refractivity (Wildman–Crippen MR) is 92.3 cm³/mol. The Bertz CT molecular complexity index is 507. The van der Waals surface area contributed by atoms with E-state index in [4.69, 9.17) is 0 Å². The average Bonchev–Trinajstić information content (AvgIpc) is 2.94. The summed E-state index contributed by atoms with van der Waals surface area (Å²) in [7, 11) is 0. The van der Waals surface area contributed by atoms with Gasteiger partial charge in [-0.25, -0.2) is 0 Å². The van der Waals surface area contributed by atoms with Crippen LogP contribution in [0.15, 0.2) is 29.2 Å². The van der Waals surface area contributed by atoms with E-state index in [1.165, 1.54) is 0 Å². The topological polar surface area (TPSA) is 52.6 Å². The van der Waals surface area contributed by atoms with E-state index in [0.717, 1.165) is 36.4 Å². The molecule has 3 atom stereocenters. The van der Waals surface area contributed by atoms with Gasteiger partial charge in [0.05, 0.1) is 17.8 Å². The summed E-state index contributed by atoms with van der Waals surface area (Å²) in [5, 5.41) is 12.7. The molecule has 1 fully saturated rings. The van der Waals surface area contributed by atoms with Crippen molar-refractivity contribution in [1.29, 1.82) is 0 Å². The molecule has 1 aromatic carbocycles. The van der Waals surface area contributed by atoms with E-state index in [9.17, 15) is 9.90 Å². The summed E-state index contributed by atoms with van der Waals surface area (Å²) in [4.78, 5) is 15.9. The third kappa shape index (κ3) is 4.24. The standard InChI is InChI=1S/C17H26N2O2S/c1-12(20)11-14-7-6-10-19(14)13(2)17(21)18-15-8-4-5-9-16(15)22-3/h4-5,8-9,12-14,20H,6-7,10-11H2,1-3H3,(H,18,21). The molecular weight excluding hydrogens is 296 g/mol. The largest absolute Gasteiger partial charge is 0.393 e. The third-order valence-electron chi connectivity index (χ3n) is 4.28. The molecule has 5 heteroatoms. The maximum absolute atomic E-state index is 12.6. The molecule has 0 bridgehead atoms. The van der Waals surface area contributed by atoms with E-state index in [2.05, 4.69) is 10.2 Å². The van der Waals surface area contributed by atoms with Crippen molar-refractivity contribution in [2.45, 2.75) is 56.2 Å². The first-order valence-electron chi connectivity index (χ1n) is 7.90. The zero-order chi connectivity index (χ0) is 16.1. The van der Waals surface area contributed by atoms with E-state index < -0.39 is 0 Å². The van der Waals surface area contributed by atoms with Crippen molar-refractivity contribution in [3.63, 3.8) is 0 Å². The van der Waals surface area contributed by atoms with Crippen LogP contribution in [0, 0.1) is 0 Å². The summed E-state index contributed by atoms with van der Waals surface area (Å²) in [5.74, 6) is 0.0268. The number of rotatable bonds is 6. The van der Waals surface area contributed by atoms with Gasteiger partial charge in [0.1, 0.15) is 0 Å². The van der Waals surface area contributed by atoms with E-state index in [1.54, 1.807) is 11.8 Å². The number of aliphatic hydroxyl groups is 1. The third-order valence-corrected chi connectivity index (χ3v) is 5.07. The molecule has 1 aliphatic heterocycles. The van der Waals surface area contributed by atoms with E-state index in [0.29, 0.717) is 6.04 Å². The zero-order valence-electron chi connectivity index (χ0n) is 13.6. The second kappa shape index (κ2) is 7.99. The van der Waals surface area contributed by atoms with Crippen molar-refractivity contribution >= 4 is 23.4 Å². The Morgan fingerprint density at radius 2 is 2.18 bits per heavy atom. The van der Waals surface area contributed by atoms with Gasteiger partial charge in [-0.05, 0) is 58.0 Å². The molecule has 1 amide bonds. The minimum atomic E-state index is -0.321. The molecule has 2 rings (SSSR count). The van der Waals surface area contributed by atoms with Gasteiger partial charge in [0.15, 0.2) is 0 Å². The summed E-state index contributed by atoms with van der Waals surface area (Å²) in [6.07, 6.45) is 4.57. The maximum Gasteiger partial charge on any atom is 0.241 e. The van der Waals surface area contributed by atoms with Crippen molar-refractivity contribution in [2.24, 2.45) is 0 Å². The fraction of sp³-hybridized carbons (Fsp3) is 0.588. The first kappa shape index (κ1) is 17.3. The molecule has 0 radical (unpaired) electrons. The fourth-order valence-corrected chi connectivity index (χ4v) is 3.70. The van der Waals surface area contributed by atoms with Gasteiger partial charge in [-0.1, -0.05) is 12.1 Å². The van der Waals surface area contributed by atoms with Gasteiger partial charge in [-0.15, -0.1) is 11.8 Å². The Hall–Kier alpha value is -1.04. The molecule has 0 aromatic heterocycles. The molecule has 1 aliphatic rings. The van der Waals surface area contributed by atoms with E-state index in [1.807, 2.05) is 44.4 Å². The summed E-state index contributed by atoms with van der Waals surface area (Å²) < 4.78 is 0. The highest BCUT2D eigenvalue weighted by molar-refractivity contribution is 7.98. The van der Waals surface area contributed by atoms with Gasteiger partial charge in [0.2, 0.25) is 5.91 Å². The minimum Gasteiger partial charge on any atom is -0.393 e. The Balaban J connectivity index is 2.02. The van der Waals surface area contributed by atoms with Gasteiger partial charge in [0, 0.05) is 10.9 Å². The first-order valence-corrected chi connectivity index (χ1v) is 9.13. The Labute approximate surface area is 137 Å². The van der Waals surface area contributed by atoms with Crippen LogP contribution >= 0.6 is 11.8 Å². The highest BCUT2D eigenvalue weighted by Gasteiger charge is 2.32.